The van der Waals surface area contributed by atoms with Crippen LogP contribution in [0.3, 0.4) is 0 Å². The Morgan fingerprint density at radius 3 is 1.39 bits per heavy atom. The summed E-state index contributed by atoms with van der Waals surface area (Å²) >= 11 is 2.37. The van der Waals surface area contributed by atoms with Crippen molar-refractivity contribution in [3.05, 3.63) is 50.6 Å². The molecule has 0 aliphatic heterocycles. The Bertz CT molecular complexity index is 793. The SMILES string of the molecule is CCCCCCCCCCCCCCCCCC[Si](C)(C1=C(C)C(C)=[C]([Ti+3])C1C)c1ccccc1.[Cl-].[Cl-].[Cl-]. The fourth-order valence-corrected chi connectivity index (χ4v) is 12.0. The molecule has 1 aliphatic rings. The van der Waals surface area contributed by atoms with E-state index in [1.54, 1.807) is 20.2 Å². The Kier molecular flexibility index (Phi) is 24.7. The van der Waals surface area contributed by atoms with Gasteiger partial charge < -0.3 is 37.2 Å². The van der Waals surface area contributed by atoms with Crippen LogP contribution in [0.2, 0.25) is 12.6 Å². The minimum absolute atomic E-state index is 0. The van der Waals surface area contributed by atoms with Gasteiger partial charge in [-0.3, -0.25) is 0 Å². The zero-order valence-corrected chi connectivity index (χ0v) is 29.9. The molecule has 0 heterocycles. The molecule has 1 aromatic rings. The largest absolute Gasteiger partial charge is 1.00 e. The van der Waals surface area contributed by atoms with Gasteiger partial charge in [-0.25, -0.2) is 0 Å². The van der Waals surface area contributed by atoms with E-state index in [1.807, 2.05) is 5.20 Å². The normalized spacial score (nSPS) is 16.6. The number of unbranched alkanes of at least 4 members (excludes halogenated alkanes) is 15. The van der Waals surface area contributed by atoms with Crippen molar-refractivity contribution in [3.8, 4) is 0 Å². The minimum atomic E-state index is -1.67. The van der Waals surface area contributed by atoms with Crippen LogP contribution in [0.4, 0.5) is 0 Å². The van der Waals surface area contributed by atoms with Crippen LogP contribution >= 0.6 is 0 Å². The summed E-state index contributed by atoms with van der Waals surface area (Å²) in [6.07, 6.45) is 23.1. The van der Waals surface area contributed by atoms with Crippen LogP contribution in [0.25, 0.3) is 0 Å². The molecule has 216 valence electrons. The van der Waals surface area contributed by atoms with E-state index >= 15 is 0 Å². The van der Waals surface area contributed by atoms with Crippen molar-refractivity contribution >= 4 is 13.3 Å². The van der Waals surface area contributed by atoms with E-state index in [9.17, 15) is 0 Å². The third-order valence-electron chi connectivity index (χ3n) is 8.77. The summed E-state index contributed by atoms with van der Waals surface area (Å²) in [4.78, 5) is 0. The van der Waals surface area contributed by atoms with Crippen LogP contribution in [-0.4, -0.2) is 8.07 Å². The Morgan fingerprint density at radius 2 is 1.03 bits per heavy atom. The van der Waals surface area contributed by atoms with Gasteiger partial charge in [0.15, 0.2) is 0 Å². The van der Waals surface area contributed by atoms with Crippen molar-refractivity contribution in [2.24, 2.45) is 5.92 Å². The molecule has 0 nitrogen and oxygen atoms in total. The molecule has 0 saturated heterocycles. The number of hydrogen-bond acceptors (Lipinski definition) is 0. The first kappa shape index (κ1) is 40.6. The van der Waals surface area contributed by atoms with Gasteiger partial charge in [0.2, 0.25) is 0 Å². The maximum atomic E-state index is 2.66. The molecule has 0 amide bonds. The molecule has 0 bridgehead atoms. The predicted octanol–water partition coefficient (Wildman–Crippen LogP) is 1.57. The molecular formula is C33H55Cl3SiTi. The average Bonchev–Trinajstić information content (AvgIpc) is 3.06. The standard InChI is InChI=1S/C33H55Si.3ClH.Ti/c1-6-7-8-9-10-11-12-13-14-15-16-17-18-19-20-24-27-34(5,32-25-22-21-23-26-32)33-30(3)28-29(2)31(33)4;;;;/h21-23,25-26,30H,6-20,24,27H2,1-5H3;3*1H;/q;;;;+3/p-3. The van der Waals surface area contributed by atoms with E-state index in [0.717, 1.165) is 0 Å². The molecule has 1 aliphatic carbocycles. The Morgan fingerprint density at radius 1 is 0.632 bits per heavy atom. The summed E-state index contributed by atoms with van der Waals surface area (Å²) in [6.45, 7) is 12.2. The molecule has 2 rings (SSSR count). The molecular weight excluding hydrogens is 579 g/mol. The first-order valence-corrected chi connectivity index (χ1v) is 18.6. The van der Waals surface area contributed by atoms with Crippen LogP contribution in [0.15, 0.2) is 50.6 Å². The summed E-state index contributed by atoms with van der Waals surface area (Å²) in [5.41, 5.74) is 3.18. The maximum absolute atomic E-state index is 2.66. The predicted molar refractivity (Wildman–Crippen MR) is 157 cm³/mol. The molecule has 38 heavy (non-hydrogen) atoms. The molecule has 0 saturated carbocycles. The number of hydrogen-bond donors (Lipinski definition) is 0. The number of halogens is 3. The van der Waals surface area contributed by atoms with E-state index in [2.05, 4.69) is 85.0 Å². The van der Waals surface area contributed by atoms with Crippen molar-refractivity contribution in [3.63, 3.8) is 0 Å². The Balaban J connectivity index is 0. The monoisotopic (exact) mass is 632 g/mol. The zero-order valence-electron chi connectivity index (χ0n) is 25.1. The van der Waals surface area contributed by atoms with Crippen molar-refractivity contribution in [1.82, 2.24) is 0 Å². The van der Waals surface area contributed by atoms with E-state index in [0.29, 0.717) is 5.92 Å². The average molecular weight is 634 g/mol. The van der Waals surface area contributed by atoms with Gasteiger partial charge in [-0.2, -0.15) is 0 Å². The third kappa shape index (κ3) is 13.0. The second-order valence-electron chi connectivity index (χ2n) is 11.6. The second kappa shape index (κ2) is 23.1. The number of allylic oxidation sites excluding steroid dienone is 4. The third-order valence-corrected chi connectivity index (χ3v) is 15.0. The summed E-state index contributed by atoms with van der Waals surface area (Å²) in [5, 5.41) is 3.46. The van der Waals surface area contributed by atoms with Crippen LogP contribution in [0.5, 0.6) is 0 Å². The molecule has 0 fully saturated rings. The smallest absolute Gasteiger partial charge is 1.00 e. The fourth-order valence-electron chi connectivity index (χ4n) is 6.36. The van der Waals surface area contributed by atoms with Crippen molar-refractivity contribution in [2.75, 3.05) is 0 Å². The Hall–Kier alpha value is 0.501. The van der Waals surface area contributed by atoms with Crippen LogP contribution < -0.4 is 42.4 Å². The summed E-state index contributed by atoms with van der Waals surface area (Å²) in [5.74, 6) is 0.632. The van der Waals surface area contributed by atoms with E-state index < -0.39 is 8.07 Å². The van der Waals surface area contributed by atoms with Gasteiger partial charge in [-0.1, -0.05) is 64.7 Å². The van der Waals surface area contributed by atoms with Crippen LogP contribution in [-0.2, 0) is 20.4 Å². The number of benzene rings is 1. The molecule has 0 aromatic heterocycles. The van der Waals surface area contributed by atoms with Gasteiger partial charge in [0.25, 0.3) is 0 Å². The fraction of sp³-hybridized carbons (Fsp3) is 0.697. The molecule has 0 radical (unpaired) electrons. The zero-order chi connectivity index (χ0) is 25.5. The van der Waals surface area contributed by atoms with Gasteiger partial charge in [-0.05, 0) is 0 Å². The first-order chi connectivity index (χ1) is 16.9. The first-order valence-electron chi connectivity index (χ1n) is 15.1. The quantitative estimate of drug-likeness (QED) is 0.160. The molecule has 0 N–H and O–H groups in total. The molecule has 2 unspecified atom stereocenters. The van der Waals surface area contributed by atoms with Gasteiger partial charge in [-0.15, -0.1) is 0 Å². The van der Waals surface area contributed by atoms with E-state index in [-0.39, 0.29) is 37.2 Å². The van der Waals surface area contributed by atoms with Gasteiger partial charge in [0, 0.05) is 0 Å². The van der Waals surface area contributed by atoms with Crippen molar-refractivity contribution in [2.45, 2.75) is 143 Å². The van der Waals surface area contributed by atoms with E-state index in [1.165, 1.54) is 109 Å². The molecule has 2 atom stereocenters. The minimum Gasteiger partial charge on any atom is -1.00 e. The van der Waals surface area contributed by atoms with Gasteiger partial charge in [0.1, 0.15) is 0 Å². The summed E-state index contributed by atoms with van der Waals surface area (Å²) < 4.78 is 1.61. The van der Waals surface area contributed by atoms with Gasteiger partial charge >= 0.3 is 168 Å². The van der Waals surface area contributed by atoms with Crippen LogP contribution in [0, 0.1) is 5.92 Å². The molecule has 0 spiro atoms. The molecule has 1 aromatic carbocycles. The number of rotatable bonds is 19. The summed E-state index contributed by atoms with van der Waals surface area (Å²) in [6, 6.07) is 13.0. The Labute approximate surface area is 268 Å². The summed E-state index contributed by atoms with van der Waals surface area (Å²) in [7, 11) is -1.67. The molecule has 5 heteroatoms. The van der Waals surface area contributed by atoms with Crippen molar-refractivity contribution < 1.29 is 57.7 Å². The maximum Gasteiger partial charge on any atom is -1.00 e. The topological polar surface area (TPSA) is 0 Å². The van der Waals surface area contributed by atoms with Crippen molar-refractivity contribution in [1.29, 1.82) is 0 Å². The van der Waals surface area contributed by atoms with Crippen LogP contribution in [0.1, 0.15) is 130 Å². The van der Waals surface area contributed by atoms with E-state index in [4.69, 9.17) is 0 Å². The van der Waals surface area contributed by atoms with Gasteiger partial charge in [0.05, 0.1) is 0 Å². The second-order valence-corrected chi connectivity index (χ2v) is 16.7.